The standard InChI is InChI=1S/C13H20N2O4/c1-3-7-10(4-2)14-13(19)15-11(16)8-5-6-9-12(17)18/h2,10H,3,5-9H2,1H3,(H,17,18)(H2,14,15,16,19). The van der Waals surface area contributed by atoms with Gasteiger partial charge in [0.05, 0.1) is 6.04 Å². The zero-order valence-electron chi connectivity index (χ0n) is 11.1. The lowest BCUT2D eigenvalue weighted by Gasteiger charge is -2.12. The molecule has 3 amide bonds. The van der Waals surface area contributed by atoms with Gasteiger partial charge in [-0.3, -0.25) is 14.9 Å². The number of unbranched alkanes of at least 4 members (excludes halogenated alkanes) is 1. The summed E-state index contributed by atoms with van der Waals surface area (Å²) < 4.78 is 0. The lowest BCUT2D eigenvalue weighted by atomic mass is 10.2. The Balaban J connectivity index is 3.83. The van der Waals surface area contributed by atoms with Crippen molar-refractivity contribution in [2.24, 2.45) is 0 Å². The molecule has 6 heteroatoms. The van der Waals surface area contributed by atoms with Crippen molar-refractivity contribution in [3.8, 4) is 12.3 Å². The van der Waals surface area contributed by atoms with Gasteiger partial charge in [-0.2, -0.15) is 0 Å². The average Bonchev–Trinajstić information content (AvgIpc) is 2.33. The number of rotatable bonds is 8. The third-order valence-electron chi connectivity index (χ3n) is 2.38. The van der Waals surface area contributed by atoms with Gasteiger partial charge < -0.3 is 10.4 Å². The third-order valence-corrected chi connectivity index (χ3v) is 2.38. The number of imide groups is 1. The quantitative estimate of drug-likeness (QED) is 0.456. The number of terminal acetylenes is 1. The summed E-state index contributed by atoms with van der Waals surface area (Å²) >= 11 is 0. The first-order valence-electron chi connectivity index (χ1n) is 6.27. The Morgan fingerprint density at radius 2 is 1.89 bits per heavy atom. The van der Waals surface area contributed by atoms with Gasteiger partial charge in [0.2, 0.25) is 5.91 Å². The molecule has 0 rings (SSSR count). The predicted molar refractivity (Wildman–Crippen MR) is 70.3 cm³/mol. The molecule has 0 aliphatic heterocycles. The fourth-order valence-electron chi connectivity index (χ4n) is 1.43. The van der Waals surface area contributed by atoms with Crippen LogP contribution >= 0.6 is 0 Å². The maximum absolute atomic E-state index is 11.4. The molecule has 1 atom stereocenters. The topological polar surface area (TPSA) is 95.5 Å². The Hall–Kier alpha value is -2.03. The Labute approximate surface area is 112 Å². The van der Waals surface area contributed by atoms with Crippen LogP contribution in [0, 0.1) is 12.3 Å². The fourth-order valence-corrected chi connectivity index (χ4v) is 1.43. The highest BCUT2D eigenvalue weighted by Crippen LogP contribution is 1.99. The van der Waals surface area contributed by atoms with Gasteiger partial charge in [0.15, 0.2) is 0 Å². The van der Waals surface area contributed by atoms with Crippen molar-refractivity contribution < 1.29 is 19.5 Å². The van der Waals surface area contributed by atoms with Gasteiger partial charge in [-0.05, 0) is 19.3 Å². The highest BCUT2D eigenvalue weighted by molar-refractivity contribution is 5.94. The van der Waals surface area contributed by atoms with E-state index in [1.807, 2.05) is 6.92 Å². The molecule has 0 aromatic rings. The summed E-state index contributed by atoms with van der Waals surface area (Å²) in [6.45, 7) is 1.94. The van der Waals surface area contributed by atoms with Crippen molar-refractivity contribution in [2.45, 2.75) is 51.5 Å². The van der Waals surface area contributed by atoms with E-state index in [0.717, 1.165) is 6.42 Å². The highest BCUT2D eigenvalue weighted by atomic mass is 16.4. The van der Waals surface area contributed by atoms with E-state index < -0.39 is 17.9 Å². The molecule has 0 aliphatic rings. The molecule has 19 heavy (non-hydrogen) atoms. The van der Waals surface area contributed by atoms with Gasteiger partial charge in [0.1, 0.15) is 0 Å². The number of amides is 3. The summed E-state index contributed by atoms with van der Waals surface area (Å²) in [5, 5.41) is 13.1. The molecule has 106 valence electrons. The molecule has 0 fully saturated rings. The predicted octanol–water partition coefficient (Wildman–Crippen LogP) is 1.26. The zero-order chi connectivity index (χ0) is 14.7. The summed E-state index contributed by atoms with van der Waals surface area (Å²) in [6, 6.07) is -0.996. The summed E-state index contributed by atoms with van der Waals surface area (Å²) in [6.07, 6.45) is 7.70. The molecule has 6 nitrogen and oxygen atoms in total. The molecule has 0 aliphatic carbocycles. The van der Waals surface area contributed by atoms with Crippen molar-refractivity contribution in [2.75, 3.05) is 0 Å². The second-order valence-corrected chi connectivity index (χ2v) is 4.13. The maximum Gasteiger partial charge on any atom is 0.322 e. The van der Waals surface area contributed by atoms with Crippen LogP contribution < -0.4 is 10.6 Å². The van der Waals surface area contributed by atoms with E-state index >= 15 is 0 Å². The summed E-state index contributed by atoms with van der Waals surface area (Å²) in [7, 11) is 0. The monoisotopic (exact) mass is 268 g/mol. The molecule has 1 unspecified atom stereocenters. The Kier molecular flexibility index (Phi) is 8.88. The number of hydrogen-bond acceptors (Lipinski definition) is 3. The van der Waals surface area contributed by atoms with Crippen molar-refractivity contribution in [1.29, 1.82) is 0 Å². The molecular formula is C13H20N2O4. The summed E-state index contributed by atoms with van der Waals surface area (Å²) in [5.74, 6) is 1.09. The summed E-state index contributed by atoms with van der Waals surface area (Å²) in [4.78, 5) is 33.0. The van der Waals surface area contributed by atoms with Crippen LogP contribution in [0.4, 0.5) is 4.79 Å². The molecular weight excluding hydrogens is 248 g/mol. The first-order valence-corrected chi connectivity index (χ1v) is 6.27. The van der Waals surface area contributed by atoms with Gasteiger partial charge in [0.25, 0.3) is 0 Å². The molecule has 0 saturated carbocycles. The van der Waals surface area contributed by atoms with Crippen LogP contribution in [0.5, 0.6) is 0 Å². The van der Waals surface area contributed by atoms with Crippen LogP contribution in [0.2, 0.25) is 0 Å². The highest BCUT2D eigenvalue weighted by Gasteiger charge is 2.11. The van der Waals surface area contributed by atoms with E-state index in [4.69, 9.17) is 11.5 Å². The normalized spacial score (nSPS) is 11.2. The van der Waals surface area contributed by atoms with E-state index in [0.29, 0.717) is 19.3 Å². The maximum atomic E-state index is 11.4. The van der Waals surface area contributed by atoms with E-state index in [2.05, 4.69) is 16.6 Å². The largest absolute Gasteiger partial charge is 0.481 e. The van der Waals surface area contributed by atoms with Crippen molar-refractivity contribution >= 4 is 17.9 Å². The van der Waals surface area contributed by atoms with Crippen LogP contribution in [0.25, 0.3) is 0 Å². The van der Waals surface area contributed by atoms with Crippen molar-refractivity contribution in [3.05, 3.63) is 0 Å². The van der Waals surface area contributed by atoms with Crippen LogP contribution in [-0.4, -0.2) is 29.1 Å². The molecule has 0 saturated heterocycles. The van der Waals surface area contributed by atoms with Gasteiger partial charge in [-0.25, -0.2) is 4.79 Å². The van der Waals surface area contributed by atoms with Gasteiger partial charge in [-0.15, -0.1) is 6.42 Å². The first kappa shape index (κ1) is 17.0. The Bertz CT molecular complexity index is 360. The molecule has 0 spiro atoms. The average molecular weight is 268 g/mol. The van der Waals surface area contributed by atoms with Crippen LogP contribution in [0.1, 0.15) is 45.4 Å². The number of nitrogens with one attached hydrogen (secondary N) is 2. The smallest absolute Gasteiger partial charge is 0.322 e. The van der Waals surface area contributed by atoms with E-state index in [9.17, 15) is 14.4 Å². The van der Waals surface area contributed by atoms with Crippen molar-refractivity contribution in [3.63, 3.8) is 0 Å². The van der Waals surface area contributed by atoms with Gasteiger partial charge in [0, 0.05) is 12.8 Å². The first-order chi connectivity index (χ1) is 8.99. The molecule has 0 radical (unpaired) electrons. The van der Waals surface area contributed by atoms with Crippen LogP contribution in [0.3, 0.4) is 0 Å². The SMILES string of the molecule is C#CC(CCC)NC(=O)NC(=O)CCCCC(=O)O. The number of carbonyl (C=O) groups is 3. The molecule has 0 heterocycles. The number of aliphatic carboxylic acids is 1. The van der Waals surface area contributed by atoms with E-state index in [-0.39, 0.29) is 18.9 Å². The lowest BCUT2D eigenvalue weighted by Crippen LogP contribution is -2.44. The minimum atomic E-state index is -0.894. The Morgan fingerprint density at radius 3 is 2.42 bits per heavy atom. The molecule has 0 aromatic carbocycles. The second kappa shape index (κ2) is 9.95. The fraction of sp³-hybridized carbons (Fsp3) is 0.615. The van der Waals surface area contributed by atoms with Gasteiger partial charge >= 0.3 is 12.0 Å². The third kappa shape index (κ3) is 9.65. The molecule has 0 bridgehead atoms. The zero-order valence-corrected chi connectivity index (χ0v) is 11.1. The minimum absolute atomic E-state index is 0.0230. The van der Waals surface area contributed by atoms with Crippen LogP contribution in [-0.2, 0) is 9.59 Å². The number of carbonyl (C=O) groups excluding carboxylic acids is 2. The number of carboxylic acid groups (broad SMARTS) is 1. The van der Waals surface area contributed by atoms with E-state index in [1.54, 1.807) is 0 Å². The Morgan fingerprint density at radius 1 is 1.26 bits per heavy atom. The number of urea groups is 1. The number of carboxylic acids is 1. The van der Waals surface area contributed by atoms with Crippen molar-refractivity contribution in [1.82, 2.24) is 10.6 Å². The minimum Gasteiger partial charge on any atom is -0.481 e. The van der Waals surface area contributed by atoms with E-state index in [1.165, 1.54) is 0 Å². The van der Waals surface area contributed by atoms with Gasteiger partial charge in [-0.1, -0.05) is 19.3 Å². The second-order valence-electron chi connectivity index (χ2n) is 4.13. The molecule has 0 aromatic heterocycles. The molecule has 3 N–H and O–H groups in total. The summed E-state index contributed by atoms with van der Waals surface area (Å²) in [5.41, 5.74) is 0. The van der Waals surface area contributed by atoms with Crippen LogP contribution in [0.15, 0.2) is 0 Å². The lowest BCUT2D eigenvalue weighted by molar-refractivity contribution is -0.137. The number of hydrogen-bond donors (Lipinski definition) is 3.